The minimum absolute atomic E-state index is 0.224. The Bertz CT molecular complexity index is 607. The number of carbonyl (C=O) groups excluding carboxylic acids is 2. The summed E-state index contributed by atoms with van der Waals surface area (Å²) in [6.45, 7) is 10.1. The summed E-state index contributed by atoms with van der Waals surface area (Å²) >= 11 is 13.2. The molecule has 118 valence electrons. The van der Waals surface area contributed by atoms with E-state index in [2.05, 4.69) is 76.9 Å². The van der Waals surface area contributed by atoms with Crippen molar-refractivity contribution < 1.29 is 19.1 Å². The third kappa shape index (κ3) is 4.31. The van der Waals surface area contributed by atoms with Crippen LogP contribution in [0.3, 0.4) is 0 Å². The molecule has 0 spiro atoms. The van der Waals surface area contributed by atoms with Crippen LogP contribution in [0.2, 0.25) is 0 Å². The molecule has 8 heteroatoms. The normalized spacial score (nSPS) is 10.1. The van der Waals surface area contributed by atoms with Crippen molar-refractivity contribution in [2.24, 2.45) is 0 Å². The fraction of sp³-hybridized carbons (Fsp3) is 0.143. The maximum absolute atomic E-state index is 11.7. The second-order valence-corrected chi connectivity index (χ2v) is 7.43. The zero-order valence-electron chi connectivity index (χ0n) is 11.6. The van der Waals surface area contributed by atoms with Gasteiger partial charge in [-0.1, -0.05) is 13.2 Å². The summed E-state index contributed by atoms with van der Waals surface area (Å²) in [5, 5.41) is 0. The van der Waals surface area contributed by atoms with E-state index in [0.717, 1.165) is 0 Å². The van der Waals surface area contributed by atoms with Gasteiger partial charge in [0.2, 0.25) is 0 Å². The van der Waals surface area contributed by atoms with Gasteiger partial charge in [-0.05, 0) is 77.6 Å². The van der Waals surface area contributed by atoms with Crippen molar-refractivity contribution in [1.29, 1.82) is 0 Å². The number of ether oxygens (including phenoxy) is 2. The average molecular weight is 562 g/mol. The Labute approximate surface area is 161 Å². The van der Waals surface area contributed by atoms with Crippen molar-refractivity contribution in [1.82, 2.24) is 0 Å². The predicted octanol–water partition coefficient (Wildman–Crippen LogP) is 5.70. The van der Waals surface area contributed by atoms with E-state index in [0.29, 0.717) is 17.9 Å². The highest BCUT2D eigenvalue weighted by molar-refractivity contribution is 9.14. The van der Waals surface area contributed by atoms with Crippen LogP contribution in [-0.4, -0.2) is 11.9 Å². The Morgan fingerprint density at radius 1 is 0.727 bits per heavy atom. The Hall–Kier alpha value is -0.440. The number of esters is 2. The monoisotopic (exact) mass is 558 g/mol. The molecule has 4 nitrogen and oxygen atoms in total. The van der Waals surface area contributed by atoms with Crippen LogP contribution in [-0.2, 0) is 9.59 Å². The third-order valence-electron chi connectivity index (χ3n) is 2.27. The Morgan fingerprint density at radius 3 is 1.14 bits per heavy atom. The first-order valence-corrected chi connectivity index (χ1v) is 8.86. The van der Waals surface area contributed by atoms with Gasteiger partial charge in [-0.15, -0.1) is 0 Å². The molecule has 0 aliphatic heterocycles. The number of carbonyl (C=O) groups is 2. The topological polar surface area (TPSA) is 52.6 Å². The van der Waals surface area contributed by atoms with Crippen LogP contribution < -0.4 is 9.47 Å². The molecule has 0 N–H and O–H groups in total. The van der Waals surface area contributed by atoms with Crippen LogP contribution in [0.5, 0.6) is 11.5 Å². The Balaban J connectivity index is 3.38. The standard InChI is InChI=1S/C14H10Br4O4/c1-5(2)13(19)21-11-7(15)9(17)12(10(18)8(11)16)22-14(20)6(3)4/h1,3H2,2,4H3. The molecule has 0 radical (unpaired) electrons. The van der Waals surface area contributed by atoms with E-state index in [1.807, 2.05) is 0 Å². The van der Waals surface area contributed by atoms with Crippen molar-refractivity contribution in [3.8, 4) is 11.5 Å². The first-order chi connectivity index (χ1) is 10.1. The van der Waals surface area contributed by atoms with Gasteiger partial charge in [-0.2, -0.15) is 0 Å². The molecule has 1 rings (SSSR count). The van der Waals surface area contributed by atoms with Gasteiger partial charge in [0.05, 0.1) is 17.9 Å². The van der Waals surface area contributed by atoms with E-state index in [-0.39, 0.29) is 22.6 Å². The zero-order chi connectivity index (χ0) is 17.2. The van der Waals surface area contributed by atoms with E-state index in [4.69, 9.17) is 9.47 Å². The molecule has 0 atom stereocenters. The van der Waals surface area contributed by atoms with E-state index in [9.17, 15) is 9.59 Å². The van der Waals surface area contributed by atoms with Gasteiger partial charge in [0.25, 0.3) is 0 Å². The highest BCUT2D eigenvalue weighted by atomic mass is 79.9. The molecule has 1 aromatic rings. The number of halogens is 4. The van der Waals surface area contributed by atoms with Crippen molar-refractivity contribution in [3.63, 3.8) is 0 Å². The smallest absolute Gasteiger partial charge is 0.338 e. The van der Waals surface area contributed by atoms with Crippen molar-refractivity contribution >= 4 is 75.7 Å². The van der Waals surface area contributed by atoms with Crippen molar-refractivity contribution in [2.75, 3.05) is 0 Å². The summed E-state index contributed by atoms with van der Waals surface area (Å²) in [6.07, 6.45) is 0. The molecule has 0 heterocycles. The lowest BCUT2D eigenvalue weighted by Crippen LogP contribution is -2.12. The minimum Gasteiger partial charge on any atom is -0.421 e. The zero-order valence-corrected chi connectivity index (χ0v) is 17.9. The second kappa shape index (κ2) is 7.90. The predicted molar refractivity (Wildman–Crippen MR) is 98.1 cm³/mol. The summed E-state index contributed by atoms with van der Waals surface area (Å²) in [7, 11) is 0. The molecular weight excluding hydrogens is 552 g/mol. The molecule has 0 amide bonds. The van der Waals surface area contributed by atoms with Gasteiger partial charge in [0.1, 0.15) is 0 Å². The third-order valence-corrected chi connectivity index (χ3v) is 6.36. The van der Waals surface area contributed by atoms with E-state index in [1.165, 1.54) is 13.8 Å². The molecule has 0 saturated carbocycles. The fourth-order valence-corrected chi connectivity index (χ4v) is 3.50. The Morgan fingerprint density at radius 2 is 0.955 bits per heavy atom. The quantitative estimate of drug-likeness (QED) is 0.205. The van der Waals surface area contributed by atoms with E-state index in [1.54, 1.807) is 0 Å². The van der Waals surface area contributed by atoms with Gasteiger partial charge in [-0.25, -0.2) is 9.59 Å². The first-order valence-electron chi connectivity index (χ1n) is 5.69. The average Bonchev–Trinajstić information content (AvgIpc) is 2.45. The molecule has 22 heavy (non-hydrogen) atoms. The van der Waals surface area contributed by atoms with Crippen molar-refractivity contribution in [2.45, 2.75) is 13.8 Å². The van der Waals surface area contributed by atoms with Gasteiger partial charge in [0.15, 0.2) is 11.5 Å². The molecule has 0 aliphatic carbocycles. The van der Waals surface area contributed by atoms with Crippen LogP contribution in [0.4, 0.5) is 0 Å². The molecule has 0 fully saturated rings. The number of hydrogen-bond donors (Lipinski definition) is 0. The van der Waals surface area contributed by atoms with Crippen LogP contribution in [0.1, 0.15) is 13.8 Å². The van der Waals surface area contributed by atoms with Crippen LogP contribution in [0.15, 0.2) is 42.2 Å². The fourth-order valence-electron chi connectivity index (χ4n) is 1.13. The summed E-state index contributed by atoms with van der Waals surface area (Å²) in [4.78, 5) is 23.4. The first kappa shape index (κ1) is 19.6. The summed E-state index contributed by atoms with van der Waals surface area (Å²) in [5.74, 6) is -0.706. The number of hydrogen-bond acceptors (Lipinski definition) is 4. The lowest BCUT2D eigenvalue weighted by Gasteiger charge is -2.16. The SMILES string of the molecule is C=C(C)C(=O)Oc1c(Br)c(Br)c(OC(=O)C(=C)C)c(Br)c1Br. The maximum atomic E-state index is 11.7. The van der Waals surface area contributed by atoms with Crippen LogP contribution in [0.25, 0.3) is 0 Å². The summed E-state index contributed by atoms with van der Waals surface area (Å²) in [5.41, 5.74) is 0.507. The van der Waals surface area contributed by atoms with E-state index < -0.39 is 11.9 Å². The van der Waals surface area contributed by atoms with Crippen LogP contribution in [0, 0.1) is 0 Å². The summed E-state index contributed by atoms with van der Waals surface area (Å²) < 4.78 is 12.1. The van der Waals surface area contributed by atoms with Crippen molar-refractivity contribution in [3.05, 3.63) is 42.2 Å². The molecule has 0 unspecified atom stereocenters. The number of rotatable bonds is 4. The lowest BCUT2D eigenvalue weighted by atomic mass is 10.3. The molecule has 0 bridgehead atoms. The molecular formula is C14H10Br4O4. The summed E-state index contributed by atoms with van der Waals surface area (Å²) in [6, 6.07) is 0. The Kier molecular flexibility index (Phi) is 7.04. The molecule has 1 aromatic carbocycles. The van der Waals surface area contributed by atoms with Gasteiger partial charge in [-0.3, -0.25) is 0 Å². The van der Waals surface area contributed by atoms with Gasteiger partial charge in [0, 0.05) is 11.1 Å². The largest absolute Gasteiger partial charge is 0.421 e. The molecule has 0 aromatic heterocycles. The maximum Gasteiger partial charge on any atom is 0.338 e. The number of benzene rings is 1. The minimum atomic E-state index is -0.577. The van der Waals surface area contributed by atoms with E-state index >= 15 is 0 Å². The second-order valence-electron chi connectivity index (χ2n) is 4.25. The van der Waals surface area contributed by atoms with Gasteiger partial charge >= 0.3 is 11.9 Å². The highest BCUT2D eigenvalue weighted by Crippen LogP contribution is 2.50. The molecule has 0 aliphatic rings. The van der Waals surface area contributed by atoms with Crippen LogP contribution >= 0.6 is 63.7 Å². The van der Waals surface area contributed by atoms with Gasteiger partial charge < -0.3 is 9.47 Å². The highest BCUT2D eigenvalue weighted by Gasteiger charge is 2.25. The molecule has 0 saturated heterocycles. The lowest BCUT2D eigenvalue weighted by molar-refractivity contribution is -0.131.